The van der Waals surface area contributed by atoms with Gasteiger partial charge in [0.1, 0.15) is 18.7 Å². The summed E-state index contributed by atoms with van der Waals surface area (Å²) in [5, 5.41) is 15.3. The average Bonchev–Trinajstić information content (AvgIpc) is 3.10. The summed E-state index contributed by atoms with van der Waals surface area (Å²) in [6, 6.07) is 0.357. The van der Waals surface area contributed by atoms with Gasteiger partial charge in [0.25, 0.3) is 0 Å². The van der Waals surface area contributed by atoms with Crippen LogP contribution in [-0.2, 0) is 18.4 Å². The number of amides is 1. The van der Waals surface area contributed by atoms with Crippen molar-refractivity contribution in [1.29, 1.82) is 0 Å². The third kappa shape index (κ3) is 2.85. The molecule has 0 spiro atoms. The fourth-order valence-corrected chi connectivity index (χ4v) is 2.36. The standard InChI is InChI=1S/C14H16N8O/c1-21-14-11(5-17-21)13(15-8-16-14)20-10-4-18-22(6-10)7-12(23)19-9-2-3-9/h4-6,8-9H,2-3,7H2,1H3,(H,19,23)(H,15,16,20). The maximum atomic E-state index is 11.8. The normalized spacial score (nSPS) is 14.1. The van der Waals surface area contributed by atoms with Gasteiger partial charge in [-0.25, -0.2) is 9.97 Å². The lowest BCUT2D eigenvalue weighted by Crippen LogP contribution is -2.29. The highest BCUT2D eigenvalue weighted by atomic mass is 16.2. The Labute approximate surface area is 131 Å². The molecule has 9 heteroatoms. The molecule has 0 aromatic carbocycles. The largest absolute Gasteiger partial charge is 0.352 e. The third-order valence-corrected chi connectivity index (χ3v) is 3.67. The van der Waals surface area contributed by atoms with Crippen LogP contribution in [0.3, 0.4) is 0 Å². The predicted molar refractivity (Wildman–Crippen MR) is 83.0 cm³/mol. The van der Waals surface area contributed by atoms with E-state index in [0.717, 1.165) is 29.6 Å². The number of fused-ring (bicyclic) bond motifs is 1. The third-order valence-electron chi connectivity index (χ3n) is 3.67. The van der Waals surface area contributed by atoms with Gasteiger partial charge in [0.15, 0.2) is 5.65 Å². The van der Waals surface area contributed by atoms with Crippen molar-refractivity contribution in [3.63, 3.8) is 0 Å². The number of nitrogens with one attached hydrogen (secondary N) is 2. The predicted octanol–water partition coefficient (Wildman–Crippen LogP) is 0.582. The summed E-state index contributed by atoms with van der Waals surface area (Å²) >= 11 is 0. The monoisotopic (exact) mass is 312 g/mol. The van der Waals surface area contributed by atoms with Gasteiger partial charge in [0.2, 0.25) is 5.91 Å². The maximum absolute atomic E-state index is 11.8. The molecule has 1 aliphatic rings. The number of anilines is 2. The molecule has 1 saturated carbocycles. The fraction of sp³-hybridized carbons (Fsp3) is 0.357. The number of carbonyl (C=O) groups excluding carboxylic acids is 1. The highest BCUT2D eigenvalue weighted by Gasteiger charge is 2.23. The molecule has 4 rings (SSSR count). The molecular formula is C14H16N8O. The van der Waals surface area contributed by atoms with Gasteiger partial charge >= 0.3 is 0 Å². The second-order valence-corrected chi connectivity index (χ2v) is 5.62. The summed E-state index contributed by atoms with van der Waals surface area (Å²) in [6.07, 6.45) is 8.79. The van der Waals surface area contributed by atoms with E-state index in [1.54, 1.807) is 28.0 Å². The SMILES string of the molecule is Cn1ncc2c(Nc3cnn(CC(=O)NC4CC4)c3)ncnc21. The molecule has 1 aliphatic carbocycles. The van der Waals surface area contributed by atoms with Crippen LogP contribution in [0.25, 0.3) is 11.0 Å². The molecule has 118 valence electrons. The molecule has 9 nitrogen and oxygen atoms in total. The van der Waals surface area contributed by atoms with Crippen molar-refractivity contribution in [2.24, 2.45) is 7.05 Å². The van der Waals surface area contributed by atoms with Crippen molar-refractivity contribution < 1.29 is 4.79 Å². The fourth-order valence-electron chi connectivity index (χ4n) is 2.36. The zero-order chi connectivity index (χ0) is 15.8. The molecule has 3 heterocycles. The maximum Gasteiger partial charge on any atom is 0.241 e. The summed E-state index contributed by atoms with van der Waals surface area (Å²) in [7, 11) is 1.83. The smallest absolute Gasteiger partial charge is 0.241 e. The molecule has 3 aromatic heterocycles. The Morgan fingerprint density at radius 2 is 2.17 bits per heavy atom. The highest BCUT2D eigenvalue weighted by Crippen LogP contribution is 2.22. The van der Waals surface area contributed by atoms with Gasteiger partial charge in [-0.15, -0.1) is 0 Å². The molecule has 23 heavy (non-hydrogen) atoms. The second-order valence-electron chi connectivity index (χ2n) is 5.62. The molecular weight excluding hydrogens is 296 g/mol. The van der Waals surface area contributed by atoms with E-state index in [1.165, 1.54) is 6.33 Å². The van der Waals surface area contributed by atoms with E-state index in [2.05, 4.69) is 30.8 Å². The number of nitrogens with zero attached hydrogens (tertiary/aromatic N) is 6. The minimum absolute atomic E-state index is 0.0150. The van der Waals surface area contributed by atoms with E-state index < -0.39 is 0 Å². The van der Waals surface area contributed by atoms with Crippen molar-refractivity contribution in [3.05, 3.63) is 24.9 Å². The van der Waals surface area contributed by atoms with Gasteiger partial charge in [-0.1, -0.05) is 0 Å². The van der Waals surface area contributed by atoms with Crippen molar-refractivity contribution in [2.75, 3.05) is 5.32 Å². The van der Waals surface area contributed by atoms with Gasteiger partial charge < -0.3 is 10.6 Å². The van der Waals surface area contributed by atoms with Gasteiger partial charge in [-0.3, -0.25) is 14.2 Å². The van der Waals surface area contributed by atoms with E-state index >= 15 is 0 Å². The van der Waals surface area contributed by atoms with Crippen LogP contribution < -0.4 is 10.6 Å². The van der Waals surface area contributed by atoms with Gasteiger partial charge in [-0.2, -0.15) is 10.2 Å². The zero-order valence-electron chi connectivity index (χ0n) is 12.6. The van der Waals surface area contributed by atoms with Gasteiger partial charge in [0, 0.05) is 19.3 Å². The molecule has 3 aromatic rings. The molecule has 1 amide bonds. The second kappa shape index (κ2) is 5.34. The Bertz CT molecular complexity index is 863. The molecule has 0 aliphatic heterocycles. The summed E-state index contributed by atoms with van der Waals surface area (Å²) in [5.74, 6) is 0.643. The highest BCUT2D eigenvalue weighted by molar-refractivity contribution is 5.88. The van der Waals surface area contributed by atoms with Crippen molar-refractivity contribution in [3.8, 4) is 0 Å². The van der Waals surface area contributed by atoms with E-state index in [0.29, 0.717) is 11.9 Å². The first-order valence-electron chi connectivity index (χ1n) is 7.40. The van der Waals surface area contributed by atoms with Gasteiger partial charge in [0.05, 0.1) is 23.5 Å². The summed E-state index contributed by atoms with van der Waals surface area (Å²) < 4.78 is 3.29. The Morgan fingerprint density at radius 1 is 1.30 bits per heavy atom. The topological polar surface area (TPSA) is 103 Å². The minimum atomic E-state index is -0.0150. The van der Waals surface area contributed by atoms with E-state index in [9.17, 15) is 4.79 Å². The molecule has 1 fully saturated rings. The van der Waals surface area contributed by atoms with Crippen molar-refractivity contribution >= 4 is 28.4 Å². The Hall–Kier alpha value is -2.97. The Balaban J connectivity index is 1.49. The van der Waals surface area contributed by atoms with Crippen LogP contribution in [0, 0.1) is 0 Å². The first-order chi connectivity index (χ1) is 11.2. The van der Waals surface area contributed by atoms with Crippen LogP contribution >= 0.6 is 0 Å². The van der Waals surface area contributed by atoms with Crippen LogP contribution in [0.2, 0.25) is 0 Å². The quantitative estimate of drug-likeness (QED) is 0.714. The molecule has 0 bridgehead atoms. The number of hydrogen-bond donors (Lipinski definition) is 2. The zero-order valence-corrected chi connectivity index (χ0v) is 12.6. The lowest BCUT2D eigenvalue weighted by atomic mass is 10.4. The molecule has 0 saturated heterocycles. The van der Waals surface area contributed by atoms with Crippen LogP contribution in [0.15, 0.2) is 24.9 Å². The number of aryl methyl sites for hydroxylation is 1. The van der Waals surface area contributed by atoms with Gasteiger partial charge in [-0.05, 0) is 12.8 Å². The van der Waals surface area contributed by atoms with Crippen molar-refractivity contribution in [2.45, 2.75) is 25.4 Å². The molecule has 2 N–H and O–H groups in total. The molecule has 0 atom stereocenters. The van der Waals surface area contributed by atoms with Crippen molar-refractivity contribution in [1.82, 2.24) is 34.8 Å². The minimum Gasteiger partial charge on any atom is -0.352 e. The summed E-state index contributed by atoms with van der Waals surface area (Å²) in [4.78, 5) is 20.2. The first kappa shape index (κ1) is 13.7. The Kier molecular flexibility index (Phi) is 3.18. The summed E-state index contributed by atoms with van der Waals surface area (Å²) in [6.45, 7) is 0.213. The summed E-state index contributed by atoms with van der Waals surface area (Å²) in [5.41, 5.74) is 1.51. The number of hydrogen-bond acceptors (Lipinski definition) is 6. The molecule has 0 unspecified atom stereocenters. The van der Waals surface area contributed by atoms with Crippen LogP contribution in [0.5, 0.6) is 0 Å². The lowest BCUT2D eigenvalue weighted by molar-refractivity contribution is -0.122. The number of aromatic nitrogens is 6. The Morgan fingerprint density at radius 3 is 3.00 bits per heavy atom. The first-order valence-corrected chi connectivity index (χ1v) is 7.40. The van der Waals surface area contributed by atoms with Crippen LogP contribution in [-0.4, -0.2) is 41.5 Å². The van der Waals surface area contributed by atoms with E-state index in [-0.39, 0.29) is 12.5 Å². The molecule has 0 radical (unpaired) electrons. The van der Waals surface area contributed by atoms with Crippen LogP contribution in [0.1, 0.15) is 12.8 Å². The van der Waals surface area contributed by atoms with Crippen LogP contribution in [0.4, 0.5) is 11.5 Å². The van der Waals surface area contributed by atoms with E-state index in [4.69, 9.17) is 0 Å². The number of rotatable bonds is 5. The van der Waals surface area contributed by atoms with E-state index in [1.807, 2.05) is 7.05 Å². The average molecular weight is 312 g/mol. The number of carbonyl (C=O) groups is 1. The lowest BCUT2D eigenvalue weighted by Gasteiger charge is -2.04.